The van der Waals surface area contributed by atoms with Crippen molar-refractivity contribution >= 4 is 24.2 Å². The highest BCUT2D eigenvalue weighted by molar-refractivity contribution is 6.63. The summed E-state index contributed by atoms with van der Waals surface area (Å²) in [4.78, 5) is 0. The van der Waals surface area contributed by atoms with E-state index in [2.05, 4.69) is 0 Å². The molecule has 0 saturated heterocycles. The Balaban J connectivity index is 2.22. The molecule has 19 heavy (non-hydrogen) atoms. The van der Waals surface area contributed by atoms with Crippen LogP contribution in [0.25, 0.3) is 0 Å². The molecule has 0 saturated carbocycles. The molecule has 0 aromatic heterocycles. The van der Waals surface area contributed by atoms with E-state index in [1.54, 1.807) is 0 Å². The van der Waals surface area contributed by atoms with Crippen LogP contribution in [0.3, 0.4) is 0 Å². The van der Waals surface area contributed by atoms with Crippen molar-refractivity contribution in [3.05, 3.63) is 58.9 Å². The fourth-order valence-electron chi connectivity index (χ4n) is 1.61. The van der Waals surface area contributed by atoms with Crippen LogP contribution in [-0.4, -0.2) is 17.2 Å². The van der Waals surface area contributed by atoms with E-state index in [4.69, 9.17) is 26.4 Å². The van der Waals surface area contributed by atoms with E-state index >= 15 is 0 Å². The number of ether oxygens (including phenoxy) is 1. The predicted octanol–water partition coefficient (Wildman–Crippen LogP) is 1.74. The van der Waals surface area contributed by atoms with Crippen LogP contribution in [0.2, 0.25) is 5.02 Å². The number of hydrogen-bond acceptors (Lipinski definition) is 3. The molecule has 0 radical (unpaired) electrons. The first kappa shape index (κ1) is 13.9. The first-order chi connectivity index (χ1) is 9.09. The Morgan fingerprint density at radius 2 is 1.79 bits per heavy atom. The molecule has 2 aromatic carbocycles. The second-order valence-corrected chi connectivity index (χ2v) is 4.31. The summed E-state index contributed by atoms with van der Waals surface area (Å²) in [5.74, 6) is -0.832. The van der Waals surface area contributed by atoms with Gasteiger partial charge < -0.3 is 14.8 Å². The minimum atomic E-state index is -1.77. The molecule has 2 N–H and O–H groups in total. The molecule has 0 amide bonds. The minimum absolute atomic E-state index is 0.00567. The molecule has 0 aliphatic rings. The summed E-state index contributed by atoms with van der Waals surface area (Å²) >= 11 is 5.89. The molecule has 0 spiro atoms. The lowest BCUT2D eigenvalue weighted by atomic mass is 9.80. The molecule has 2 rings (SSSR count). The Labute approximate surface area is 115 Å². The lowest BCUT2D eigenvalue weighted by molar-refractivity contribution is 0.290. The van der Waals surface area contributed by atoms with Crippen LogP contribution in [0.5, 0.6) is 5.75 Å². The Morgan fingerprint density at radius 3 is 2.42 bits per heavy atom. The van der Waals surface area contributed by atoms with Crippen LogP contribution in [0.1, 0.15) is 5.56 Å². The highest BCUT2D eigenvalue weighted by Crippen LogP contribution is 2.27. The van der Waals surface area contributed by atoms with Crippen LogP contribution in [0.4, 0.5) is 4.39 Å². The summed E-state index contributed by atoms with van der Waals surface area (Å²) in [5, 5.41) is 18.1. The Kier molecular flexibility index (Phi) is 4.42. The fraction of sp³-hybridized carbons (Fsp3) is 0.0769. The van der Waals surface area contributed by atoms with Gasteiger partial charge in [-0.05, 0) is 11.6 Å². The van der Waals surface area contributed by atoms with E-state index < -0.39 is 12.9 Å². The number of benzene rings is 2. The molecule has 0 heterocycles. The summed E-state index contributed by atoms with van der Waals surface area (Å²) in [7, 11) is -1.77. The summed E-state index contributed by atoms with van der Waals surface area (Å²) in [6.07, 6.45) is 0. The largest absolute Gasteiger partial charge is 0.490 e. The van der Waals surface area contributed by atoms with E-state index in [-0.39, 0.29) is 22.8 Å². The molecule has 98 valence electrons. The molecular weight excluding hydrogens is 269 g/mol. The van der Waals surface area contributed by atoms with E-state index in [0.717, 1.165) is 11.6 Å². The quantitative estimate of drug-likeness (QED) is 0.839. The molecule has 0 aliphatic carbocycles. The van der Waals surface area contributed by atoms with Crippen molar-refractivity contribution in [2.24, 2.45) is 0 Å². The van der Waals surface area contributed by atoms with Crippen LogP contribution < -0.4 is 10.2 Å². The van der Waals surface area contributed by atoms with E-state index in [1.165, 1.54) is 6.07 Å². The van der Waals surface area contributed by atoms with Crippen molar-refractivity contribution in [3.8, 4) is 5.75 Å². The second-order valence-electron chi connectivity index (χ2n) is 3.93. The van der Waals surface area contributed by atoms with Crippen LogP contribution in [0.15, 0.2) is 42.5 Å². The zero-order valence-corrected chi connectivity index (χ0v) is 10.6. The molecule has 0 aliphatic heterocycles. The highest BCUT2D eigenvalue weighted by atomic mass is 35.5. The van der Waals surface area contributed by atoms with Crippen LogP contribution in [-0.2, 0) is 6.61 Å². The zero-order valence-electron chi connectivity index (χ0n) is 9.88. The van der Waals surface area contributed by atoms with Gasteiger partial charge in [-0.15, -0.1) is 0 Å². The standard InChI is InChI=1S/C13H11BClFO3/c15-12-10(14(17)18)6-7-11(16)13(12)19-8-9-4-2-1-3-5-9/h1-7,17-18H,8H2. The van der Waals surface area contributed by atoms with Gasteiger partial charge in [0.25, 0.3) is 0 Å². The summed E-state index contributed by atoms with van der Waals surface area (Å²) in [6, 6.07) is 11.5. The number of rotatable bonds is 4. The van der Waals surface area contributed by atoms with Crippen molar-refractivity contribution in [3.63, 3.8) is 0 Å². The SMILES string of the molecule is OB(O)c1ccc(F)c(OCc2ccccc2)c1Cl. The maximum Gasteiger partial charge on any atom is 0.490 e. The van der Waals surface area contributed by atoms with Gasteiger partial charge in [-0.2, -0.15) is 0 Å². The predicted molar refractivity (Wildman–Crippen MR) is 72.0 cm³/mol. The molecule has 0 unspecified atom stereocenters. The summed E-state index contributed by atoms with van der Waals surface area (Å²) < 4.78 is 18.9. The Hall–Kier alpha value is -1.56. The van der Waals surface area contributed by atoms with Gasteiger partial charge in [-0.3, -0.25) is 0 Å². The molecule has 0 fully saturated rings. The first-order valence-electron chi connectivity index (χ1n) is 5.60. The van der Waals surface area contributed by atoms with E-state index in [1.807, 2.05) is 30.3 Å². The monoisotopic (exact) mass is 280 g/mol. The van der Waals surface area contributed by atoms with Gasteiger partial charge in [0, 0.05) is 5.46 Å². The van der Waals surface area contributed by atoms with Gasteiger partial charge in [0.1, 0.15) is 6.61 Å². The van der Waals surface area contributed by atoms with Crippen molar-refractivity contribution in [2.75, 3.05) is 0 Å². The van der Waals surface area contributed by atoms with Crippen LogP contribution >= 0.6 is 11.6 Å². The maximum absolute atomic E-state index is 13.6. The molecule has 2 aromatic rings. The molecule has 0 bridgehead atoms. The van der Waals surface area contributed by atoms with E-state index in [9.17, 15) is 4.39 Å². The van der Waals surface area contributed by atoms with Crippen molar-refractivity contribution in [2.45, 2.75) is 6.61 Å². The molecule has 6 heteroatoms. The third-order valence-corrected chi connectivity index (χ3v) is 2.97. The van der Waals surface area contributed by atoms with Crippen molar-refractivity contribution < 1.29 is 19.2 Å². The maximum atomic E-state index is 13.6. The number of hydrogen-bond donors (Lipinski definition) is 2. The van der Waals surface area contributed by atoms with Gasteiger partial charge in [0.15, 0.2) is 11.6 Å². The Morgan fingerprint density at radius 1 is 1.11 bits per heavy atom. The summed E-state index contributed by atoms with van der Waals surface area (Å²) in [6.45, 7) is 0.141. The number of halogens is 2. The lowest BCUT2D eigenvalue weighted by Crippen LogP contribution is -2.31. The normalized spacial score (nSPS) is 10.3. The van der Waals surface area contributed by atoms with Gasteiger partial charge in [0.05, 0.1) is 5.02 Å². The third-order valence-electron chi connectivity index (χ3n) is 2.58. The molecule has 3 nitrogen and oxygen atoms in total. The van der Waals surface area contributed by atoms with E-state index in [0.29, 0.717) is 0 Å². The van der Waals surface area contributed by atoms with Crippen molar-refractivity contribution in [1.82, 2.24) is 0 Å². The Bertz CT molecular complexity index is 563. The molecular formula is C13H11BClFO3. The van der Waals surface area contributed by atoms with Gasteiger partial charge >= 0.3 is 7.12 Å². The average molecular weight is 280 g/mol. The first-order valence-corrected chi connectivity index (χ1v) is 5.98. The fourth-order valence-corrected chi connectivity index (χ4v) is 1.91. The average Bonchev–Trinajstić information content (AvgIpc) is 2.39. The highest BCUT2D eigenvalue weighted by Gasteiger charge is 2.21. The van der Waals surface area contributed by atoms with Crippen LogP contribution in [0, 0.1) is 5.82 Å². The van der Waals surface area contributed by atoms with Gasteiger partial charge in [-0.25, -0.2) is 4.39 Å². The van der Waals surface area contributed by atoms with Gasteiger partial charge in [0.2, 0.25) is 0 Å². The summed E-state index contributed by atoms with van der Waals surface area (Å²) in [5.41, 5.74) is 0.860. The van der Waals surface area contributed by atoms with Gasteiger partial charge in [-0.1, -0.05) is 48.0 Å². The zero-order chi connectivity index (χ0) is 13.8. The van der Waals surface area contributed by atoms with Crippen molar-refractivity contribution in [1.29, 1.82) is 0 Å². The molecule has 0 atom stereocenters. The second kappa shape index (κ2) is 6.06. The third kappa shape index (κ3) is 3.26. The minimum Gasteiger partial charge on any atom is -0.484 e. The lowest BCUT2D eigenvalue weighted by Gasteiger charge is -2.12. The topological polar surface area (TPSA) is 49.7 Å². The smallest absolute Gasteiger partial charge is 0.484 e.